The number of nitrogens with one attached hydrogen (secondary N) is 1. The van der Waals surface area contributed by atoms with Gasteiger partial charge < -0.3 is 15.0 Å². The van der Waals surface area contributed by atoms with Gasteiger partial charge in [0.15, 0.2) is 0 Å². The van der Waals surface area contributed by atoms with Crippen LogP contribution in [0.25, 0.3) is 10.9 Å². The van der Waals surface area contributed by atoms with Crippen LogP contribution in [0.4, 0.5) is 10.1 Å². The average molecular weight is 400 g/mol. The summed E-state index contributed by atoms with van der Waals surface area (Å²) in [5, 5.41) is 13.2. The number of carbonyl (C=O) groups excluding carboxylic acids is 1. The quantitative estimate of drug-likeness (QED) is 0.569. The van der Waals surface area contributed by atoms with Gasteiger partial charge in [0, 0.05) is 29.6 Å². The fourth-order valence-electron chi connectivity index (χ4n) is 3.14. The molecule has 0 saturated heterocycles. The van der Waals surface area contributed by atoms with Gasteiger partial charge in [-0.25, -0.2) is 9.18 Å². The number of nitrogens with zero attached hydrogens (tertiary/aromatic N) is 1. The smallest absolute Gasteiger partial charge is 0.352 e. The Hall–Kier alpha value is -2.89. The number of hydrogen-bond donors (Lipinski definition) is 2. The highest BCUT2D eigenvalue weighted by molar-refractivity contribution is 5.98. The van der Waals surface area contributed by atoms with Crippen molar-refractivity contribution in [3.63, 3.8) is 0 Å². The minimum absolute atomic E-state index is 0.0866. The molecule has 1 heterocycles. The molecule has 156 valence electrons. The van der Waals surface area contributed by atoms with Crippen molar-refractivity contribution in [2.75, 3.05) is 12.0 Å². The minimum atomic E-state index is -1.04. The summed E-state index contributed by atoms with van der Waals surface area (Å²) in [6.45, 7) is 7.61. The molecule has 1 amide bonds. The van der Waals surface area contributed by atoms with Crippen LogP contribution in [-0.4, -0.2) is 28.2 Å². The molecular formula is C23H29FN2O3. The van der Waals surface area contributed by atoms with E-state index in [2.05, 4.69) is 5.32 Å². The highest BCUT2D eigenvalue weighted by Crippen LogP contribution is 2.26. The lowest BCUT2D eigenvalue weighted by Gasteiger charge is -2.17. The van der Waals surface area contributed by atoms with Gasteiger partial charge in [-0.3, -0.25) is 4.79 Å². The number of halogens is 1. The third-order valence-electron chi connectivity index (χ3n) is 4.45. The van der Waals surface area contributed by atoms with E-state index in [1.807, 2.05) is 33.8 Å². The summed E-state index contributed by atoms with van der Waals surface area (Å²) >= 11 is 0. The van der Waals surface area contributed by atoms with Crippen molar-refractivity contribution < 1.29 is 19.1 Å². The number of aromatic nitrogens is 1. The summed E-state index contributed by atoms with van der Waals surface area (Å²) in [6.07, 6.45) is 6.10. The van der Waals surface area contributed by atoms with Crippen molar-refractivity contribution in [2.45, 2.75) is 47.1 Å². The first-order valence-corrected chi connectivity index (χ1v) is 9.67. The van der Waals surface area contributed by atoms with Crippen LogP contribution < -0.4 is 5.32 Å². The number of rotatable bonds is 8. The van der Waals surface area contributed by atoms with Crippen molar-refractivity contribution in [3.05, 3.63) is 53.8 Å². The molecule has 29 heavy (non-hydrogen) atoms. The molecule has 2 rings (SSSR count). The van der Waals surface area contributed by atoms with E-state index < -0.39 is 12.6 Å². The van der Waals surface area contributed by atoms with Crippen molar-refractivity contribution in [1.82, 2.24) is 4.57 Å². The molecule has 0 spiro atoms. The first kappa shape index (κ1) is 22.4. The Labute approximate surface area is 170 Å². The van der Waals surface area contributed by atoms with E-state index in [1.165, 1.54) is 0 Å². The van der Waals surface area contributed by atoms with E-state index in [9.17, 15) is 19.1 Å². The Balaban J connectivity index is 2.30. The lowest BCUT2D eigenvalue weighted by Crippen LogP contribution is -2.19. The second-order valence-electron chi connectivity index (χ2n) is 8.28. The van der Waals surface area contributed by atoms with Crippen molar-refractivity contribution in [2.24, 2.45) is 5.41 Å². The number of allylic oxidation sites excluding steroid dienone is 4. The van der Waals surface area contributed by atoms with Crippen LogP contribution in [0.15, 0.2) is 48.1 Å². The summed E-state index contributed by atoms with van der Waals surface area (Å²) in [7, 11) is 0. The minimum Gasteiger partial charge on any atom is -0.477 e. The van der Waals surface area contributed by atoms with Crippen LogP contribution in [0.1, 0.15) is 51.0 Å². The number of hydrogen-bond acceptors (Lipinski definition) is 2. The Morgan fingerprint density at radius 1 is 1.24 bits per heavy atom. The van der Waals surface area contributed by atoms with Crippen LogP contribution in [0.3, 0.4) is 0 Å². The van der Waals surface area contributed by atoms with Gasteiger partial charge in [0.1, 0.15) is 12.4 Å². The third-order valence-corrected chi connectivity index (χ3v) is 4.45. The molecule has 0 bridgehead atoms. The summed E-state index contributed by atoms with van der Waals surface area (Å²) in [5.74, 6) is -1.13. The first-order valence-electron chi connectivity index (χ1n) is 9.67. The molecule has 0 radical (unpaired) electrons. The molecule has 1 aromatic heterocycles. The van der Waals surface area contributed by atoms with Crippen LogP contribution in [0.2, 0.25) is 0 Å². The van der Waals surface area contributed by atoms with Gasteiger partial charge >= 0.3 is 5.97 Å². The highest BCUT2D eigenvalue weighted by Gasteiger charge is 2.18. The van der Waals surface area contributed by atoms with Crippen LogP contribution >= 0.6 is 0 Å². The number of benzene rings is 1. The van der Waals surface area contributed by atoms with Crippen LogP contribution in [0.5, 0.6) is 0 Å². The SMILES string of the molecule is C/C=C\C=C(/CF)CCn1c(C(=O)O)cc2cc(NC(=O)CC(C)(C)C)ccc21. The normalized spacial score (nSPS) is 12.7. The van der Waals surface area contributed by atoms with E-state index >= 15 is 0 Å². The topological polar surface area (TPSA) is 71.3 Å². The molecule has 0 atom stereocenters. The maximum absolute atomic E-state index is 13.2. The predicted molar refractivity (Wildman–Crippen MR) is 115 cm³/mol. The number of carboxylic acids is 1. The zero-order valence-corrected chi connectivity index (χ0v) is 17.5. The average Bonchev–Trinajstić information content (AvgIpc) is 2.98. The molecule has 0 aliphatic rings. The fraction of sp³-hybridized carbons (Fsp3) is 0.391. The standard InChI is InChI=1S/C23H29FN2O3/c1-5-6-7-16(15-24)10-11-26-19-9-8-18(25-21(27)14-23(2,3)4)12-17(19)13-20(26)22(28)29/h5-9,12-13H,10-11,14-15H2,1-4H3,(H,25,27)(H,28,29)/b6-5-,16-7-. The summed E-state index contributed by atoms with van der Waals surface area (Å²) in [4.78, 5) is 23.9. The zero-order valence-electron chi connectivity index (χ0n) is 17.5. The van der Waals surface area contributed by atoms with Gasteiger partial charge in [-0.05, 0) is 48.6 Å². The predicted octanol–water partition coefficient (Wildman–Crippen LogP) is 5.58. The van der Waals surface area contributed by atoms with E-state index in [4.69, 9.17) is 0 Å². The summed E-state index contributed by atoms with van der Waals surface area (Å²) < 4.78 is 14.9. The van der Waals surface area contributed by atoms with E-state index in [0.717, 1.165) is 10.9 Å². The summed E-state index contributed by atoms with van der Waals surface area (Å²) in [5.41, 5.74) is 1.98. The number of aromatic carboxylic acids is 1. The Bertz CT molecular complexity index is 949. The van der Waals surface area contributed by atoms with E-state index in [0.29, 0.717) is 30.6 Å². The Morgan fingerprint density at radius 3 is 2.55 bits per heavy atom. The molecule has 0 unspecified atom stereocenters. The van der Waals surface area contributed by atoms with Crippen molar-refractivity contribution in [1.29, 1.82) is 0 Å². The number of carbonyl (C=O) groups is 2. The fourth-order valence-corrected chi connectivity index (χ4v) is 3.14. The molecule has 1 aromatic carbocycles. The molecule has 0 aliphatic carbocycles. The van der Waals surface area contributed by atoms with E-state index in [-0.39, 0.29) is 17.0 Å². The van der Waals surface area contributed by atoms with Crippen LogP contribution in [0, 0.1) is 5.41 Å². The maximum atomic E-state index is 13.2. The molecular weight excluding hydrogens is 371 g/mol. The van der Waals surface area contributed by atoms with Gasteiger partial charge in [-0.1, -0.05) is 39.0 Å². The molecule has 0 saturated carbocycles. The Kier molecular flexibility index (Phi) is 7.37. The van der Waals surface area contributed by atoms with Gasteiger partial charge in [-0.2, -0.15) is 0 Å². The molecule has 0 aliphatic heterocycles. The second kappa shape index (κ2) is 9.54. The zero-order chi connectivity index (χ0) is 21.6. The molecule has 6 heteroatoms. The number of anilines is 1. The van der Waals surface area contributed by atoms with Gasteiger partial charge in [0.05, 0.1) is 0 Å². The number of alkyl halides is 1. The highest BCUT2D eigenvalue weighted by atomic mass is 19.1. The monoisotopic (exact) mass is 400 g/mol. The molecule has 0 fully saturated rings. The van der Waals surface area contributed by atoms with Gasteiger partial charge in [-0.15, -0.1) is 0 Å². The van der Waals surface area contributed by atoms with Crippen molar-refractivity contribution in [3.8, 4) is 0 Å². The molecule has 2 aromatic rings. The van der Waals surface area contributed by atoms with Crippen molar-refractivity contribution >= 4 is 28.5 Å². The number of aryl methyl sites for hydroxylation is 1. The maximum Gasteiger partial charge on any atom is 0.352 e. The lowest BCUT2D eigenvalue weighted by atomic mass is 9.92. The molecule has 2 N–H and O–H groups in total. The van der Waals surface area contributed by atoms with E-state index in [1.54, 1.807) is 41.0 Å². The number of amides is 1. The third kappa shape index (κ3) is 6.31. The number of fused-ring (bicyclic) bond motifs is 1. The first-order chi connectivity index (χ1) is 13.6. The number of carboxylic acid groups (broad SMARTS) is 1. The van der Waals surface area contributed by atoms with Gasteiger partial charge in [0.25, 0.3) is 0 Å². The Morgan fingerprint density at radius 2 is 1.97 bits per heavy atom. The largest absolute Gasteiger partial charge is 0.477 e. The lowest BCUT2D eigenvalue weighted by molar-refractivity contribution is -0.117. The van der Waals surface area contributed by atoms with Crippen LogP contribution in [-0.2, 0) is 11.3 Å². The molecule has 5 nitrogen and oxygen atoms in total. The van der Waals surface area contributed by atoms with Gasteiger partial charge in [0.2, 0.25) is 5.91 Å². The summed E-state index contributed by atoms with van der Waals surface area (Å²) in [6, 6.07) is 6.91. The second-order valence-corrected chi connectivity index (χ2v) is 8.28.